The van der Waals surface area contributed by atoms with Crippen molar-refractivity contribution in [2.45, 2.75) is 70.3 Å². The van der Waals surface area contributed by atoms with Crippen LogP contribution in [0, 0.1) is 24.7 Å². The van der Waals surface area contributed by atoms with Crippen LogP contribution >= 0.6 is 0 Å². The zero-order valence-corrected chi connectivity index (χ0v) is 21.1. The van der Waals surface area contributed by atoms with Gasteiger partial charge in [-0.2, -0.15) is 10.2 Å². The summed E-state index contributed by atoms with van der Waals surface area (Å²) in [6, 6.07) is 1.98. The summed E-state index contributed by atoms with van der Waals surface area (Å²) in [5.41, 5.74) is 2.99. The fraction of sp³-hybridized carbons (Fsp3) is 0.692. The molecular weight excluding hydrogens is 448 g/mol. The first kappa shape index (κ1) is 22.9. The van der Waals surface area contributed by atoms with Gasteiger partial charge < -0.3 is 15.1 Å². The lowest BCUT2D eigenvalue weighted by molar-refractivity contribution is -0.0859. The van der Waals surface area contributed by atoms with Gasteiger partial charge in [0.15, 0.2) is 0 Å². The van der Waals surface area contributed by atoms with E-state index in [1.54, 1.807) is 0 Å². The Bertz CT molecular complexity index is 1110. The normalized spacial score (nSPS) is 28.7. The number of aromatic nitrogens is 4. The van der Waals surface area contributed by atoms with E-state index in [0.717, 1.165) is 53.9 Å². The van der Waals surface area contributed by atoms with Crippen LogP contribution in [0.4, 0.5) is 26.1 Å². The van der Waals surface area contributed by atoms with Gasteiger partial charge in [0.25, 0.3) is 5.92 Å². The molecule has 4 heterocycles. The van der Waals surface area contributed by atoms with Gasteiger partial charge in [0, 0.05) is 63.0 Å². The predicted molar refractivity (Wildman–Crippen MR) is 132 cm³/mol. The van der Waals surface area contributed by atoms with Crippen LogP contribution in [-0.4, -0.2) is 58.8 Å². The number of anilines is 3. The van der Waals surface area contributed by atoms with Gasteiger partial charge in [0.2, 0.25) is 0 Å². The second kappa shape index (κ2) is 7.96. The second-order valence-corrected chi connectivity index (χ2v) is 11.8. The lowest BCUT2D eigenvalue weighted by Gasteiger charge is -2.42. The highest BCUT2D eigenvalue weighted by molar-refractivity contribution is 5.68. The molecule has 2 aromatic rings. The third-order valence-corrected chi connectivity index (χ3v) is 8.77. The van der Waals surface area contributed by atoms with Gasteiger partial charge in [-0.1, -0.05) is 13.8 Å². The largest absolute Gasteiger partial charge is 0.373 e. The van der Waals surface area contributed by atoms with E-state index in [0.29, 0.717) is 24.3 Å². The molecule has 3 fully saturated rings. The maximum absolute atomic E-state index is 13.7. The first-order chi connectivity index (χ1) is 16.6. The minimum absolute atomic E-state index is 0.0807. The van der Waals surface area contributed by atoms with E-state index < -0.39 is 5.92 Å². The summed E-state index contributed by atoms with van der Waals surface area (Å²) in [6.07, 6.45) is 5.00. The first-order valence-corrected chi connectivity index (χ1v) is 12.9. The Labute approximate surface area is 205 Å². The van der Waals surface area contributed by atoms with Crippen molar-refractivity contribution in [2.24, 2.45) is 17.8 Å². The van der Waals surface area contributed by atoms with Gasteiger partial charge in [-0.15, -0.1) is 0 Å². The van der Waals surface area contributed by atoms with Crippen LogP contribution in [0.15, 0.2) is 12.3 Å². The molecule has 4 aliphatic rings. The maximum atomic E-state index is 13.7. The molecule has 2 aliphatic carbocycles. The van der Waals surface area contributed by atoms with Crippen LogP contribution in [0.2, 0.25) is 0 Å². The van der Waals surface area contributed by atoms with Crippen molar-refractivity contribution in [3.63, 3.8) is 0 Å². The average molecular weight is 484 g/mol. The third kappa shape index (κ3) is 3.91. The quantitative estimate of drug-likeness (QED) is 0.683. The summed E-state index contributed by atoms with van der Waals surface area (Å²) in [4.78, 5) is 14.6. The van der Waals surface area contributed by atoms with Gasteiger partial charge in [-0.25, -0.2) is 18.7 Å². The molecule has 7 nitrogen and oxygen atoms in total. The minimum atomic E-state index is -2.55. The number of hydrogen-bond acceptors (Lipinski definition) is 7. The van der Waals surface area contributed by atoms with E-state index in [4.69, 9.17) is 9.97 Å². The molecule has 2 aliphatic heterocycles. The Kier molecular flexibility index (Phi) is 5.20. The molecule has 1 saturated heterocycles. The van der Waals surface area contributed by atoms with Gasteiger partial charge in [0.1, 0.15) is 17.5 Å². The highest BCUT2D eigenvalue weighted by atomic mass is 19.3. The first-order valence-electron chi connectivity index (χ1n) is 12.9. The van der Waals surface area contributed by atoms with E-state index in [1.165, 1.54) is 12.8 Å². The number of nitrogens with zero attached hydrogens (tertiary/aromatic N) is 6. The van der Waals surface area contributed by atoms with Crippen LogP contribution < -0.4 is 15.1 Å². The Balaban J connectivity index is 1.26. The number of nitrogens with one attached hydrogen (secondary N) is 1. The predicted octanol–water partition coefficient (Wildman–Crippen LogP) is 4.22. The average Bonchev–Trinajstić information content (AvgIpc) is 3.17. The van der Waals surface area contributed by atoms with E-state index >= 15 is 0 Å². The van der Waals surface area contributed by atoms with E-state index in [2.05, 4.69) is 45.2 Å². The van der Waals surface area contributed by atoms with Crippen LogP contribution in [0.3, 0.4) is 0 Å². The molecule has 6 rings (SSSR count). The topological polar surface area (TPSA) is 70.1 Å². The fourth-order valence-electron chi connectivity index (χ4n) is 7.05. The Hall–Kier alpha value is -2.58. The molecule has 2 aromatic heterocycles. The van der Waals surface area contributed by atoms with Gasteiger partial charge in [0.05, 0.1) is 17.6 Å². The Morgan fingerprint density at radius 2 is 1.83 bits per heavy atom. The van der Waals surface area contributed by atoms with Crippen molar-refractivity contribution in [3.8, 4) is 0 Å². The molecule has 0 amide bonds. The molecule has 35 heavy (non-hydrogen) atoms. The molecular formula is C26H35F2N7. The number of piperidine rings is 1. The molecule has 2 atom stereocenters. The van der Waals surface area contributed by atoms with Crippen molar-refractivity contribution in [2.75, 3.05) is 41.8 Å². The van der Waals surface area contributed by atoms with Crippen molar-refractivity contribution in [3.05, 3.63) is 29.3 Å². The SMILES string of the molecule is CNc1nc(CC2C3CCC2CN(c2cnnc(C)c2)C3)nc2c1C(C)(C)CN2C1CC(F)(F)C1. The summed E-state index contributed by atoms with van der Waals surface area (Å²) in [6.45, 7) is 9.06. The highest BCUT2D eigenvalue weighted by Crippen LogP contribution is 2.50. The van der Waals surface area contributed by atoms with Crippen molar-refractivity contribution < 1.29 is 8.78 Å². The Morgan fingerprint density at radius 1 is 1.11 bits per heavy atom. The number of hydrogen-bond donors (Lipinski definition) is 1. The van der Waals surface area contributed by atoms with Crippen LogP contribution in [0.5, 0.6) is 0 Å². The van der Waals surface area contributed by atoms with Crippen molar-refractivity contribution in [1.82, 2.24) is 20.2 Å². The van der Waals surface area contributed by atoms with Crippen LogP contribution in [0.25, 0.3) is 0 Å². The fourth-order valence-corrected chi connectivity index (χ4v) is 7.05. The van der Waals surface area contributed by atoms with E-state index in [1.807, 2.05) is 20.2 Å². The number of rotatable bonds is 5. The molecule has 2 saturated carbocycles. The molecule has 2 unspecified atom stereocenters. The van der Waals surface area contributed by atoms with Crippen molar-refractivity contribution >= 4 is 17.3 Å². The lowest BCUT2D eigenvalue weighted by Crippen LogP contribution is -2.51. The number of halogens is 2. The molecule has 0 spiro atoms. The third-order valence-electron chi connectivity index (χ3n) is 8.77. The molecule has 1 N–H and O–H groups in total. The van der Waals surface area contributed by atoms with E-state index in [-0.39, 0.29) is 24.3 Å². The van der Waals surface area contributed by atoms with Crippen molar-refractivity contribution in [1.29, 1.82) is 0 Å². The number of fused-ring (bicyclic) bond motifs is 3. The zero-order chi connectivity index (χ0) is 24.5. The second-order valence-electron chi connectivity index (χ2n) is 11.8. The van der Waals surface area contributed by atoms with Gasteiger partial charge in [-0.05, 0) is 43.6 Å². The lowest BCUT2D eigenvalue weighted by atomic mass is 9.82. The minimum Gasteiger partial charge on any atom is -0.373 e. The van der Waals surface area contributed by atoms with Gasteiger partial charge >= 0.3 is 0 Å². The number of aryl methyl sites for hydroxylation is 1. The molecule has 0 radical (unpaired) electrons. The summed E-state index contributed by atoms with van der Waals surface area (Å²) in [5, 5.41) is 11.6. The molecule has 9 heteroatoms. The van der Waals surface area contributed by atoms with Crippen LogP contribution in [-0.2, 0) is 11.8 Å². The smallest absolute Gasteiger partial charge is 0.252 e. The standard InChI is InChI=1S/C26H35F2N7/c1-15-7-18(11-30-33-15)34-12-16-5-6-17(13-34)20(16)8-21-31-23(29-4)22-24(32-21)35(14-25(22,2)3)19-9-26(27,28)10-19/h7,11,16-17,19-20H,5-6,8-10,12-14H2,1-4H3,(H,29,31,32). The molecule has 188 valence electrons. The van der Waals surface area contributed by atoms with E-state index in [9.17, 15) is 8.78 Å². The maximum Gasteiger partial charge on any atom is 0.252 e. The summed E-state index contributed by atoms with van der Waals surface area (Å²) in [7, 11) is 1.90. The monoisotopic (exact) mass is 483 g/mol. The Morgan fingerprint density at radius 3 is 2.46 bits per heavy atom. The molecule has 2 bridgehead atoms. The van der Waals surface area contributed by atoms with Gasteiger partial charge in [-0.3, -0.25) is 0 Å². The highest BCUT2D eigenvalue weighted by Gasteiger charge is 2.52. The summed E-state index contributed by atoms with van der Waals surface area (Å²) < 4.78 is 27.5. The number of alkyl halides is 2. The van der Waals surface area contributed by atoms with Crippen LogP contribution in [0.1, 0.15) is 56.6 Å². The zero-order valence-electron chi connectivity index (χ0n) is 21.1. The molecule has 0 aromatic carbocycles. The summed E-state index contributed by atoms with van der Waals surface area (Å²) in [5.74, 6) is 1.75. The summed E-state index contributed by atoms with van der Waals surface area (Å²) >= 11 is 0.